The lowest BCUT2D eigenvalue weighted by Gasteiger charge is -2.17. The number of halogens is 1. The van der Waals surface area contributed by atoms with Crippen LogP contribution in [0.3, 0.4) is 0 Å². The summed E-state index contributed by atoms with van der Waals surface area (Å²) >= 11 is 3.64. The number of hydrogen-bond acceptors (Lipinski definition) is 6. The lowest BCUT2D eigenvalue weighted by atomic mass is 10.0. The standard InChI is InChI=1S/C27H24NS2.ClHO4/c1-2-3-15-28-24(26-11-7-16-29-26)18-21(19-25(28)27-12-8-17-30-27)23-14-13-20-9-5-4-6-10-22(20)23;2-1(3,4)5/h4-14,16-19H,2-3,15H2,1H3;(H,2,3,4,5)/q+1;/p-1. The fraction of sp³-hybridized carbons (Fsp3) is 0.148. The molecule has 0 amide bonds. The van der Waals surface area contributed by atoms with Gasteiger partial charge in [0.25, 0.3) is 0 Å². The molecule has 5 rings (SSSR count). The van der Waals surface area contributed by atoms with E-state index < -0.39 is 10.2 Å². The zero-order valence-corrected chi connectivity index (χ0v) is 21.4. The highest BCUT2D eigenvalue weighted by atomic mass is 35.7. The van der Waals surface area contributed by atoms with Gasteiger partial charge in [-0.15, -0.1) is 32.9 Å². The predicted octanol–water partition coefficient (Wildman–Crippen LogP) is 3.25. The van der Waals surface area contributed by atoms with Crippen LogP contribution in [0.1, 0.15) is 19.8 Å². The number of aromatic nitrogens is 1. The second-order valence-electron chi connectivity index (χ2n) is 7.88. The van der Waals surface area contributed by atoms with Gasteiger partial charge < -0.3 is 0 Å². The Morgan fingerprint density at radius 3 is 1.80 bits per heavy atom. The van der Waals surface area contributed by atoms with E-state index in [-0.39, 0.29) is 0 Å². The lowest BCUT2D eigenvalue weighted by molar-refractivity contribution is -2.00. The van der Waals surface area contributed by atoms with E-state index in [1.165, 1.54) is 56.2 Å². The van der Waals surface area contributed by atoms with Crippen molar-refractivity contribution in [2.75, 3.05) is 0 Å². The molecule has 5 nitrogen and oxygen atoms in total. The maximum atomic E-state index is 8.49. The molecule has 0 saturated carbocycles. The smallest absolute Gasteiger partial charge is 0.222 e. The zero-order chi connectivity index (χ0) is 24.8. The third kappa shape index (κ3) is 6.54. The van der Waals surface area contributed by atoms with Crippen molar-refractivity contribution in [2.24, 2.45) is 0 Å². The van der Waals surface area contributed by atoms with Gasteiger partial charge in [0.15, 0.2) is 0 Å². The third-order valence-electron chi connectivity index (χ3n) is 5.55. The van der Waals surface area contributed by atoms with Gasteiger partial charge in [-0.2, -0.15) is 4.57 Å². The maximum Gasteiger partial charge on any atom is 0.223 e. The highest BCUT2D eigenvalue weighted by Gasteiger charge is 2.24. The van der Waals surface area contributed by atoms with E-state index in [1.807, 2.05) is 22.7 Å². The van der Waals surface area contributed by atoms with Crippen molar-refractivity contribution < 1.29 is 33.4 Å². The van der Waals surface area contributed by atoms with Gasteiger partial charge in [0, 0.05) is 18.6 Å². The lowest BCUT2D eigenvalue weighted by Crippen LogP contribution is -2.68. The molecule has 0 atom stereocenters. The summed E-state index contributed by atoms with van der Waals surface area (Å²) in [6.07, 6.45) is 2.36. The molecule has 8 heteroatoms. The topological polar surface area (TPSA) is 96.1 Å². The first-order chi connectivity index (χ1) is 16.8. The molecule has 0 saturated heterocycles. The molecule has 0 bridgehead atoms. The third-order valence-corrected chi connectivity index (χ3v) is 7.34. The van der Waals surface area contributed by atoms with Crippen molar-refractivity contribution in [1.82, 2.24) is 0 Å². The monoisotopic (exact) mass is 525 g/mol. The van der Waals surface area contributed by atoms with Crippen LogP contribution in [0.15, 0.2) is 89.6 Å². The van der Waals surface area contributed by atoms with Crippen LogP contribution in [-0.4, -0.2) is 0 Å². The van der Waals surface area contributed by atoms with E-state index in [9.17, 15) is 0 Å². The van der Waals surface area contributed by atoms with E-state index in [0.717, 1.165) is 6.54 Å². The Hall–Kier alpha value is -2.62. The van der Waals surface area contributed by atoms with Gasteiger partial charge in [-0.3, -0.25) is 0 Å². The van der Waals surface area contributed by atoms with Crippen LogP contribution >= 0.6 is 22.7 Å². The van der Waals surface area contributed by atoms with Gasteiger partial charge in [-0.25, -0.2) is 18.6 Å². The summed E-state index contributed by atoms with van der Waals surface area (Å²) in [6, 6.07) is 28.9. The minimum atomic E-state index is -4.94. The number of nitrogens with zero attached hydrogens (tertiary/aromatic N) is 1. The molecule has 2 aliphatic rings. The van der Waals surface area contributed by atoms with E-state index in [2.05, 4.69) is 101 Å². The Bertz CT molecular complexity index is 1270. The van der Waals surface area contributed by atoms with Crippen LogP contribution in [-0.2, 0) is 6.54 Å². The fourth-order valence-corrected chi connectivity index (χ4v) is 5.56. The fourth-order valence-electron chi connectivity index (χ4n) is 4.06. The van der Waals surface area contributed by atoms with Crippen LogP contribution in [0.4, 0.5) is 0 Å². The Morgan fingerprint density at radius 1 is 0.686 bits per heavy atom. The molecule has 0 radical (unpaired) electrons. The molecule has 0 unspecified atom stereocenters. The molecule has 3 aromatic heterocycles. The summed E-state index contributed by atoms with van der Waals surface area (Å²) in [6.45, 7) is 3.30. The molecule has 0 spiro atoms. The van der Waals surface area contributed by atoms with Crippen molar-refractivity contribution in [3.8, 4) is 43.4 Å². The first kappa shape index (κ1) is 25.5. The van der Waals surface area contributed by atoms with Crippen molar-refractivity contribution in [3.05, 3.63) is 89.6 Å². The first-order valence-corrected chi connectivity index (χ1v) is 14.1. The van der Waals surface area contributed by atoms with Gasteiger partial charge in [-0.05, 0) is 45.1 Å². The zero-order valence-electron chi connectivity index (χ0n) is 19.1. The van der Waals surface area contributed by atoms with Crippen LogP contribution in [0, 0.1) is 10.2 Å². The summed E-state index contributed by atoms with van der Waals surface area (Å²) in [5.74, 6) is 0. The van der Waals surface area contributed by atoms with Crippen LogP contribution in [0.5, 0.6) is 0 Å². The minimum Gasteiger partial charge on any atom is -0.222 e. The largest absolute Gasteiger partial charge is 0.223 e. The van der Waals surface area contributed by atoms with Crippen molar-refractivity contribution in [2.45, 2.75) is 26.3 Å². The van der Waals surface area contributed by atoms with Gasteiger partial charge in [0.1, 0.15) is 6.54 Å². The summed E-state index contributed by atoms with van der Waals surface area (Å²) in [7, 11) is -4.94. The molecule has 0 aliphatic heterocycles. The summed E-state index contributed by atoms with van der Waals surface area (Å²) in [4.78, 5) is 2.65. The van der Waals surface area contributed by atoms with E-state index in [0.29, 0.717) is 0 Å². The van der Waals surface area contributed by atoms with Crippen LogP contribution < -0.4 is 23.2 Å². The van der Waals surface area contributed by atoms with Gasteiger partial charge >= 0.3 is 0 Å². The molecule has 2 aliphatic carbocycles. The van der Waals surface area contributed by atoms with Gasteiger partial charge in [0.2, 0.25) is 11.4 Å². The Labute approximate surface area is 214 Å². The molecule has 180 valence electrons. The highest BCUT2D eigenvalue weighted by molar-refractivity contribution is 7.13. The van der Waals surface area contributed by atoms with Gasteiger partial charge in [0.05, 0.1) is 9.75 Å². The average molecular weight is 526 g/mol. The van der Waals surface area contributed by atoms with Crippen molar-refractivity contribution in [1.29, 1.82) is 0 Å². The summed E-state index contributed by atoms with van der Waals surface area (Å²) < 4.78 is 36.5. The first-order valence-electron chi connectivity index (χ1n) is 11.1. The molecule has 0 N–H and O–H groups in total. The second-order valence-corrected chi connectivity index (χ2v) is 10.5. The molecule has 3 aromatic rings. The average Bonchev–Trinajstić information content (AvgIpc) is 3.57. The quantitative estimate of drug-likeness (QED) is 0.318. The van der Waals surface area contributed by atoms with Crippen molar-refractivity contribution >= 4 is 22.7 Å². The number of pyridine rings is 1. The Balaban J connectivity index is 0.000000527. The molecule has 3 heterocycles. The molecular formula is C27H24ClNO4S2. The number of rotatable bonds is 6. The van der Waals surface area contributed by atoms with Crippen LogP contribution in [0.25, 0.3) is 43.4 Å². The van der Waals surface area contributed by atoms with E-state index in [1.54, 1.807) is 0 Å². The molecule has 0 aromatic carbocycles. The maximum absolute atomic E-state index is 8.49. The number of thiophene rings is 2. The van der Waals surface area contributed by atoms with Crippen molar-refractivity contribution in [3.63, 3.8) is 0 Å². The van der Waals surface area contributed by atoms with Crippen LogP contribution in [0.2, 0.25) is 0 Å². The SMILES string of the molecule is CCCC[n+]1c(-c2cccs2)cc(-c2ccc3cccccc2-3)cc1-c1cccs1.[O-][Cl+3]([O-])([O-])[O-]. The molecule has 0 fully saturated rings. The summed E-state index contributed by atoms with van der Waals surface area (Å²) in [5.41, 5.74) is 7.81. The van der Waals surface area contributed by atoms with E-state index in [4.69, 9.17) is 18.6 Å². The minimum absolute atomic E-state index is 1.04. The predicted molar refractivity (Wildman–Crippen MR) is 130 cm³/mol. The highest BCUT2D eigenvalue weighted by Crippen LogP contribution is 2.38. The number of unbranched alkanes of at least 4 members (excludes halogenated alkanes) is 1. The number of fused-ring (bicyclic) bond motifs is 1. The Kier molecular flexibility index (Phi) is 8.30. The molecule has 35 heavy (non-hydrogen) atoms. The normalized spacial score (nSPS) is 11.3. The van der Waals surface area contributed by atoms with E-state index >= 15 is 0 Å². The Morgan fingerprint density at radius 2 is 1.26 bits per heavy atom. The molecular weight excluding hydrogens is 502 g/mol. The number of hydrogen-bond donors (Lipinski definition) is 0. The summed E-state index contributed by atoms with van der Waals surface area (Å²) in [5, 5.41) is 4.35. The van der Waals surface area contributed by atoms with Gasteiger partial charge in [-0.1, -0.05) is 67.9 Å². The second kappa shape index (κ2) is 11.4.